The van der Waals surface area contributed by atoms with E-state index in [1.54, 1.807) is 13.1 Å². The molecule has 0 radical (unpaired) electrons. The molecule has 18 heavy (non-hydrogen) atoms. The van der Waals surface area contributed by atoms with Crippen LogP contribution in [0.15, 0.2) is 22.7 Å². The van der Waals surface area contributed by atoms with Gasteiger partial charge in [0, 0.05) is 12.6 Å². The average Bonchev–Trinajstić information content (AvgIpc) is 2.67. The van der Waals surface area contributed by atoms with Gasteiger partial charge in [0.25, 0.3) is 0 Å². The zero-order chi connectivity index (χ0) is 13.4. The van der Waals surface area contributed by atoms with Gasteiger partial charge in [-0.05, 0) is 40.5 Å². The van der Waals surface area contributed by atoms with Crippen LogP contribution in [0.25, 0.3) is 11.3 Å². The maximum atomic E-state index is 13.5. The number of benzene rings is 1. The van der Waals surface area contributed by atoms with Crippen molar-refractivity contribution in [2.24, 2.45) is 7.05 Å². The molecule has 0 bridgehead atoms. The lowest BCUT2D eigenvalue weighted by Crippen LogP contribution is -2.00. The molecule has 0 atom stereocenters. The van der Waals surface area contributed by atoms with Crippen LogP contribution in [0, 0.1) is 12.7 Å². The molecule has 2 aromatic rings. The first-order valence-electron chi connectivity index (χ1n) is 5.14. The van der Waals surface area contributed by atoms with Crippen LogP contribution in [-0.4, -0.2) is 20.9 Å². The van der Waals surface area contributed by atoms with E-state index in [4.69, 9.17) is 5.11 Å². The summed E-state index contributed by atoms with van der Waals surface area (Å²) in [5, 5.41) is 12.8. The molecule has 0 aliphatic heterocycles. The molecule has 0 spiro atoms. The van der Waals surface area contributed by atoms with Gasteiger partial charge in [-0.3, -0.25) is 4.68 Å². The molecule has 0 aliphatic carbocycles. The smallest absolute Gasteiger partial charge is 0.356 e. The summed E-state index contributed by atoms with van der Waals surface area (Å²) < 4.78 is 15.3. The maximum absolute atomic E-state index is 13.5. The van der Waals surface area contributed by atoms with Crippen molar-refractivity contribution in [2.75, 3.05) is 0 Å². The van der Waals surface area contributed by atoms with Crippen LogP contribution >= 0.6 is 15.9 Å². The van der Waals surface area contributed by atoms with Crippen LogP contribution in [0.1, 0.15) is 16.1 Å². The fourth-order valence-electron chi connectivity index (χ4n) is 1.77. The van der Waals surface area contributed by atoms with Crippen LogP contribution in [0.4, 0.5) is 4.39 Å². The van der Waals surface area contributed by atoms with E-state index >= 15 is 0 Å². The van der Waals surface area contributed by atoms with Crippen molar-refractivity contribution in [3.63, 3.8) is 0 Å². The number of rotatable bonds is 2. The van der Waals surface area contributed by atoms with Crippen molar-refractivity contribution in [2.45, 2.75) is 6.92 Å². The minimum absolute atomic E-state index is 0.0666. The summed E-state index contributed by atoms with van der Waals surface area (Å²) in [4.78, 5) is 10.9. The third-order valence-electron chi connectivity index (χ3n) is 2.66. The third-order valence-corrected chi connectivity index (χ3v) is 3.43. The number of aromatic carboxylic acids is 1. The zero-order valence-electron chi connectivity index (χ0n) is 9.74. The summed E-state index contributed by atoms with van der Waals surface area (Å²) in [6.07, 6.45) is 0. The Morgan fingerprint density at radius 1 is 1.50 bits per heavy atom. The number of carboxylic acid groups (broad SMARTS) is 1. The summed E-state index contributed by atoms with van der Waals surface area (Å²) in [6, 6.07) is 4.43. The quantitative estimate of drug-likeness (QED) is 0.927. The number of halogens is 2. The average molecular weight is 313 g/mol. The van der Waals surface area contributed by atoms with Crippen molar-refractivity contribution in [3.8, 4) is 11.3 Å². The molecule has 1 aromatic heterocycles. The lowest BCUT2D eigenvalue weighted by atomic mass is 10.1. The van der Waals surface area contributed by atoms with Crippen LogP contribution < -0.4 is 0 Å². The molecule has 0 aliphatic rings. The fraction of sp³-hybridized carbons (Fsp3) is 0.167. The first-order chi connectivity index (χ1) is 8.41. The van der Waals surface area contributed by atoms with E-state index in [0.717, 1.165) is 5.56 Å². The normalized spacial score (nSPS) is 10.7. The highest BCUT2D eigenvalue weighted by Crippen LogP contribution is 2.33. The minimum Gasteiger partial charge on any atom is -0.476 e. The Bertz CT molecular complexity index is 637. The Morgan fingerprint density at radius 2 is 2.17 bits per heavy atom. The first kappa shape index (κ1) is 12.8. The highest BCUT2D eigenvalue weighted by atomic mass is 79.9. The molecule has 0 unspecified atom stereocenters. The number of aromatic nitrogens is 2. The molecule has 1 heterocycles. The van der Waals surface area contributed by atoms with E-state index in [1.807, 2.05) is 6.92 Å². The van der Waals surface area contributed by atoms with Crippen molar-refractivity contribution < 1.29 is 14.3 Å². The van der Waals surface area contributed by atoms with Gasteiger partial charge >= 0.3 is 5.97 Å². The lowest BCUT2D eigenvalue weighted by Gasteiger charge is -2.09. The van der Waals surface area contributed by atoms with Gasteiger partial charge in [-0.25, -0.2) is 9.18 Å². The van der Waals surface area contributed by atoms with Crippen LogP contribution in [-0.2, 0) is 7.05 Å². The van der Waals surface area contributed by atoms with E-state index in [-0.39, 0.29) is 5.69 Å². The summed E-state index contributed by atoms with van der Waals surface area (Å²) in [7, 11) is 1.62. The largest absolute Gasteiger partial charge is 0.476 e. The highest BCUT2D eigenvalue weighted by Gasteiger charge is 2.18. The Labute approximate surface area is 111 Å². The van der Waals surface area contributed by atoms with Gasteiger partial charge in [-0.15, -0.1) is 0 Å². The summed E-state index contributed by atoms with van der Waals surface area (Å²) in [6.45, 7) is 1.83. The van der Waals surface area contributed by atoms with Crippen LogP contribution in [0.3, 0.4) is 0 Å². The van der Waals surface area contributed by atoms with Gasteiger partial charge in [0.15, 0.2) is 5.69 Å². The number of carboxylic acids is 1. The molecule has 0 saturated heterocycles. The molecule has 6 heteroatoms. The number of aryl methyl sites for hydroxylation is 2. The highest BCUT2D eigenvalue weighted by molar-refractivity contribution is 9.10. The molecule has 0 fully saturated rings. The van der Waals surface area contributed by atoms with Crippen molar-refractivity contribution in [1.82, 2.24) is 9.78 Å². The molecule has 0 amide bonds. The predicted molar refractivity (Wildman–Crippen MR) is 68.0 cm³/mol. The number of carbonyl (C=O) groups is 1. The monoisotopic (exact) mass is 312 g/mol. The number of nitrogens with zero attached hydrogens (tertiary/aromatic N) is 2. The van der Waals surface area contributed by atoms with E-state index < -0.39 is 11.8 Å². The predicted octanol–water partition coefficient (Wildman–Crippen LogP) is 3.00. The second-order valence-electron chi connectivity index (χ2n) is 3.90. The van der Waals surface area contributed by atoms with E-state index in [9.17, 15) is 9.18 Å². The number of hydrogen-bond donors (Lipinski definition) is 1. The van der Waals surface area contributed by atoms with Gasteiger partial charge in [0.1, 0.15) is 5.82 Å². The van der Waals surface area contributed by atoms with Crippen LogP contribution in [0.2, 0.25) is 0 Å². The van der Waals surface area contributed by atoms with E-state index in [0.29, 0.717) is 15.7 Å². The Balaban J connectivity index is 2.69. The first-order valence-corrected chi connectivity index (χ1v) is 5.93. The molecule has 2 rings (SSSR count). The van der Waals surface area contributed by atoms with Gasteiger partial charge in [-0.1, -0.05) is 6.07 Å². The van der Waals surface area contributed by atoms with Gasteiger partial charge in [-0.2, -0.15) is 5.10 Å². The van der Waals surface area contributed by atoms with Crippen molar-refractivity contribution in [1.29, 1.82) is 0 Å². The van der Waals surface area contributed by atoms with Crippen molar-refractivity contribution in [3.05, 3.63) is 39.7 Å². The second kappa shape index (κ2) is 4.53. The number of hydrogen-bond acceptors (Lipinski definition) is 2. The fourth-order valence-corrected chi connectivity index (χ4v) is 2.42. The van der Waals surface area contributed by atoms with Gasteiger partial charge in [0.05, 0.1) is 10.2 Å². The molecule has 1 aromatic carbocycles. The molecule has 4 nitrogen and oxygen atoms in total. The Hall–Kier alpha value is -1.69. The molecule has 1 N–H and O–H groups in total. The second-order valence-corrected chi connectivity index (χ2v) is 4.69. The standard InChI is InChI=1S/C12H10BrFN2O2/c1-6-3-4-7(14)11(13)10(6)9-5-8(12(17)18)15-16(9)2/h3-5H,1-2H3,(H,17,18). The van der Waals surface area contributed by atoms with E-state index in [2.05, 4.69) is 21.0 Å². The van der Waals surface area contributed by atoms with Gasteiger partial charge in [0.2, 0.25) is 0 Å². The Kier molecular flexibility index (Phi) is 3.21. The Morgan fingerprint density at radius 3 is 2.72 bits per heavy atom. The van der Waals surface area contributed by atoms with Crippen LogP contribution in [0.5, 0.6) is 0 Å². The molecule has 94 valence electrons. The van der Waals surface area contributed by atoms with Crippen molar-refractivity contribution >= 4 is 21.9 Å². The maximum Gasteiger partial charge on any atom is 0.356 e. The third kappa shape index (κ3) is 2.03. The minimum atomic E-state index is -1.11. The van der Waals surface area contributed by atoms with E-state index in [1.165, 1.54) is 16.8 Å². The summed E-state index contributed by atoms with van der Waals surface area (Å²) >= 11 is 3.18. The molecule has 0 saturated carbocycles. The molecular formula is C12H10BrFN2O2. The van der Waals surface area contributed by atoms with Gasteiger partial charge < -0.3 is 5.11 Å². The molecular weight excluding hydrogens is 303 g/mol. The zero-order valence-corrected chi connectivity index (χ0v) is 11.3. The SMILES string of the molecule is Cc1ccc(F)c(Br)c1-c1cc(C(=O)O)nn1C. The lowest BCUT2D eigenvalue weighted by molar-refractivity contribution is 0.0689. The summed E-state index contributed by atoms with van der Waals surface area (Å²) in [5.74, 6) is -1.50. The topological polar surface area (TPSA) is 55.1 Å². The summed E-state index contributed by atoms with van der Waals surface area (Å²) in [5.41, 5.74) is 1.93.